The average molecular weight is 301 g/mol. The Hall–Kier alpha value is -2.37. The van der Waals surface area contributed by atoms with Crippen LogP contribution in [0.2, 0.25) is 0 Å². The van der Waals surface area contributed by atoms with Crippen LogP contribution in [-0.4, -0.2) is 34.5 Å². The number of amides is 2. The van der Waals surface area contributed by atoms with Crippen molar-refractivity contribution in [2.45, 2.75) is 38.1 Å². The summed E-state index contributed by atoms with van der Waals surface area (Å²) in [5.74, 6) is -0.602. The van der Waals surface area contributed by atoms with E-state index in [1.165, 1.54) is 0 Å². The lowest BCUT2D eigenvalue weighted by molar-refractivity contribution is -0.136. The molecule has 2 aromatic rings. The van der Waals surface area contributed by atoms with Gasteiger partial charge in [-0.1, -0.05) is 30.1 Å². The molecule has 0 aliphatic heterocycles. The number of nitrogens with zero attached hydrogens (tertiary/aromatic N) is 2. The standard InChI is InChI=1S/C16H19N3O3/c17-15(20)10-19(11-5-1-2-6-11)16(21)9-13-12-7-3-4-8-14(12)22-18-13/h3-4,7-8,11H,1-2,5-6,9-10H2,(H2,17,20). The highest BCUT2D eigenvalue weighted by Gasteiger charge is 2.28. The van der Waals surface area contributed by atoms with Gasteiger partial charge in [-0.2, -0.15) is 0 Å². The molecule has 0 radical (unpaired) electrons. The van der Waals surface area contributed by atoms with Crippen molar-refractivity contribution in [3.63, 3.8) is 0 Å². The number of hydrogen-bond acceptors (Lipinski definition) is 4. The van der Waals surface area contributed by atoms with Crippen LogP contribution in [0.5, 0.6) is 0 Å². The summed E-state index contributed by atoms with van der Waals surface area (Å²) in [6.45, 7) is -0.0285. The van der Waals surface area contributed by atoms with E-state index in [-0.39, 0.29) is 24.9 Å². The zero-order valence-corrected chi connectivity index (χ0v) is 12.3. The topological polar surface area (TPSA) is 89.4 Å². The predicted molar refractivity (Wildman–Crippen MR) is 80.9 cm³/mol. The molecule has 6 heteroatoms. The fourth-order valence-electron chi connectivity index (χ4n) is 3.12. The van der Waals surface area contributed by atoms with E-state index < -0.39 is 5.91 Å². The molecule has 0 bridgehead atoms. The van der Waals surface area contributed by atoms with E-state index in [4.69, 9.17) is 10.3 Å². The van der Waals surface area contributed by atoms with Gasteiger partial charge >= 0.3 is 0 Å². The van der Waals surface area contributed by atoms with E-state index in [0.29, 0.717) is 11.3 Å². The summed E-state index contributed by atoms with van der Waals surface area (Å²) < 4.78 is 5.22. The maximum absolute atomic E-state index is 12.6. The van der Waals surface area contributed by atoms with Crippen molar-refractivity contribution < 1.29 is 14.1 Å². The molecule has 22 heavy (non-hydrogen) atoms. The Labute approximate surface area is 128 Å². The molecule has 2 N–H and O–H groups in total. The Morgan fingerprint density at radius 1 is 1.27 bits per heavy atom. The molecule has 1 heterocycles. The van der Waals surface area contributed by atoms with Gasteiger partial charge in [-0.15, -0.1) is 0 Å². The van der Waals surface area contributed by atoms with Crippen LogP contribution in [0.4, 0.5) is 0 Å². The number of primary amides is 1. The second-order valence-electron chi connectivity index (χ2n) is 5.73. The lowest BCUT2D eigenvalue weighted by Crippen LogP contribution is -2.44. The molecule has 3 rings (SSSR count). The first-order valence-corrected chi connectivity index (χ1v) is 7.56. The van der Waals surface area contributed by atoms with Crippen molar-refractivity contribution >= 4 is 22.8 Å². The Balaban J connectivity index is 1.79. The van der Waals surface area contributed by atoms with Gasteiger partial charge in [-0.3, -0.25) is 9.59 Å². The molecule has 0 spiro atoms. The van der Waals surface area contributed by atoms with Gasteiger partial charge in [0.15, 0.2) is 5.58 Å². The molecule has 0 saturated heterocycles. The number of hydrogen-bond donors (Lipinski definition) is 1. The molecule has 116 valence electrons. The van der Waals surface area contributed by atoms with Crippen molar-refractivity contribution in [2.75, 3.05) is 6.54 Å². The van der Waals surface area contributed by atoms with Gasteiger partial charge in [0.2, 0.25) is 11.8 Å². The monoisotopic (exact) mass is 301 g/mol. The van der Waals surface area contributed by atoms with Crippen molar-refractivity contribution in [3.05, 3.63) is 30.0 Å². The minimum Gasteiger partial charge on any atom is -0.368 e. The Bertz CT molecular complexity index is 689. The SMILES string of the molecule is NC(=O)CN(C(=O)Cc1noc2ccccc12)C1CCCC1. The van der Waals surface area contributed by atoms with Gasteiger partial charge < -0.3 is 15.2 Å². The first-order valence-electron chi connectivity index (χ1n) is 7.56. The van der Waals surface area contributed by atoms with Crippen molar-refractivity contribution in [1.29, 1.82) is 0 Å². The van der Waals surface area contributed by atoms with Crippen LogP contribution in [0, 0.1) is 0 Å². The number of nitrogens with two attached hydrogens (primary N) is 1. The number of para-hydroxylation sites is 1. The van der Waals surface area contributed by atoms with Gasteiger partial charge in [0.25, 0.3) is 0 Å². The van der Waals surface area contributed by atoms with Crippen LogP contribution in [0.1, 0.15) is 31.4 Å². The van der Waals surface area contributed by atoms with Crippen molar-refractivity contribution in [2.24, 2.45) is 5.73 Å². The molecule has 6 nitrogen and oxygen atoms in total. The van der Waals surface area contributed by atoms with Gasteiger partial charge in [0, 0.05) is 11.4 Å². The second-order valence-corrected chi connectivity index (χ2v) is 5.73. The summed E-state index contributed by atoms with van der Waals surface area (Å²) in [5, 5.41) is 4.82. The third-order valence-electron chi connectivity index (χ3n) is 4.18. The minimum absolute atomic E-state index is 0.0285. The summed E-state index contributed by atoms with van der Waals surface area (Å²) in [4.78, 5) is 25.5. The summed E-state index contributed by atoms with van der Waals surface area (Å²) in [5.41, 5.74) is 6.56. The maximum Gasteiger partial charge on any atom is 0.237 e. The molecule has 2 amide bonds. The smallest absolute Gasteiger partial charge is 0.237 e. The van der Waals surface area contributed by atoms with Gasteiger partial charge in [-0.05, 0) is 25.0 Å². The van der Waals surface area contributed by atoms with E-state index in [1.807, 2.05) is 24.3 Å². The molecule has 0 atom stereocenters. The van der Waals surface area contributed by atoms with E-state index in [0.717, 1.165) is 31.1 Å². The van der Waals surface area contributed by atoms with Gasteiger partial charge in [0.05, 0.1) is 13.0 Å². The number of aromatic nitrogens is 1. The number of rotatable bonds is 5. The van der Waals surface area contributed by atoms with Crippen molar-refractivity contribution in [3.8, 4) is 0 Å². The fraction of sp³-hybridized carbons (Fsp3) is 0.438. The van der Waals surface area contributed by atoms with Crippen LogP contribution in [-0.2, 0) is 16.0 Å². The molecular weight excluding hydrogens is 282 g/mol. The maximum atomic E-state index is 12.6. The van der Waals surface area contributed by atoms with Crippen molar-refractivity contribution in [1.82, 2.24) is 10.1 Å². The van der Waals surface area contributed by atoms with E-state index in [2.05, 4.69) is 5.16 Å². The predicted octanol–water partition coefficient (Wildman–Crippen LogP) is 1.63. The van der Waals surface area contributed by atoms with Crippen LogP contribution >= 0.6 is 0 Å². The molecule has 1 saturated carbocycles. The highest BCUT2D eigenvalue weighted by molar-refractivity contribution is 5.88. The summed E-state index contributed by atoms with van der Waals surface area (Å²) in [6, 6.07) is 7.54. The zero-order valence-electron chi connectivity index (χ0n) is 12.3. The quantitative estimate of drug-likeness (QED) is 0.909. The van der Waals surface area contributed by atoms with E-state index in [9.17, 15) is 9.59 Å². The van der Waals surface area contributed by atoms with Crippen LogP contribution < -0.4 is 5.73 Å². The zero-order chi connectivity index (χ0) is 15.5. The molecule has 1 aromatic heterocycles. The number of carbonyl (C=O) groups is 2. The summed E-state index contributed by atoms with van der Waals surface area (Å²) >= 11 is 0. The normalized spacial score (nSPS) is 15.3. The number of benzene rings is 1. The average Bonchev–Trinajstić information content (AvgIpc) is 3.15. The lowest BCUT2D eigenvalue weighted by Gasteiger charge is -2.27. The molecule has 1 aromatic carbocycles. The first kappa shape index (κ1) is 14.6. The molecule has 1 fully saturated rings. The Morgan fingerprint density at radius 2 is 2.00 bits per heavy atom. The highest BCUT2D eigenvalue weighted by atomic mass is 16.5. The Morgan fingerprint density at radius 3 is 2.73 bits per heavy atom. The largest absolute Gasteiger partial charge is 0.368 e. The minimum atomic E-state index is -0.481. The second kappa shape index (κ2) is 6.17. The highest BCUT2D eigenvalue weighted by Crippen LogP contribution is 2.25. The van der Waals surface area contributed by atoms with Crippen LogP contribution in [0.15, 0.2) is 28.8 Å². The third-order valence-corrected chi connectivity index (χ3v) is 4.18. The van der Waals surface area contributed by atoms with E-state index in [1.54, 1.807) is 4.90 Å². The summed E-state index contributed by atoms with van der Waals surface area (Å²) in [7, 11) is 0. The van der Waals surface area contributed by atoms with Crippen LogP contribution in [0.25, 0.3) is 11.0 Å². The van der Waals surface area contributed by atoms with Gasteiger partial charge in [0.1, 0.15) is 5.69 Å². The molecular formula is C16H19N3O3. The Kier molecular flexibility index (Phi) is 4.09. The molecule has 1 aliphatic carbocycles. The summed E-state index contributed by atoms with van der Waals surface area (Å²) in [6.07, 6.45) is 4.15. The lowest BCUT2D eigenvalue weighted by atomic mass is 10.1. The first-order chi connectivity index (χ1) is 10.6. The third kappa shape index (κ3) is 2.95. The fourth-order valence-corrected chi connectivity index (χ4v) is 3.12. The number of fused-ring (bicyclic) bond motifs is 1. The van der Waals surface area contributed by atoms with E-state index >= 15 is 0 Å². The number of carbonyl (C=O) groups excluding carboxylic acids is 2. The molecule has 0 unspecified atom stereocenters. The van der Waals surface area contributed by atoms with Gasteiger partial charge in [-0.25, -0.2) is 0 Å². The van der Waals surface area contributed by atoms with Crippen LogP contribution in [0.3, 0.4) is 0 Å². The molecule has 1 aliphatic rings.